The summed E-state index contributed by atoms with van der Waals surface area (Å²) in [5.74, 6) is -2.44. The molecule has 0 radical (unpaired) electrons. The van der Waals surface area contributed by atoms with Crippen LogP contribution in [0.25, 0.3) is 11.0 Å². The van der Waals surface area contributed by atoms with Crippen LogP contribution in [-0.4, -0.2) is 40.6 Å². The molecule has 1 saturated heterocycles. The Kier molecular flexibility index (Phi) is 6.30. The number of nitrogens with one attached hydrogen (secondary N) is 4. The molecule has 0 spiro atoms. The van der Waals surface area contributed by atoms with E-state index in [1.165, 1.54) is 12.1 Å². The molecule has 4 rings (SSSR count). The lowest BCUT2D eigenvalue weighted by atomic mass is 10.00. The Morgan fingerprint density at radius 2 is 2.10 bits per heavy atom. The van der Waals surface area contributed by atoms with Crippen molar-refractivity contribution in [3.63, 3.8) is 0 Å². The number of aromatic nitrogens is 2. The third-order valence-corrected chi connectivity index (χ3v) is 5.41. The van der Waals surface area contributed by atoms with E-state index in [0.29, 0.717) is 12.5 Å². The lowest BCUT2D eigenvalue weighted by Crippen LogP contribution is -2.33. The Morgan fingerprint density at radius 1 is 1.26 bits per heavy atom. The number of amidine groups is 1. The van der Waals surface area contributed by atoms with Crippen LogP contribution in [0.2, 0.25) is 5.02 Å². The van der Waals surface area contributed by atoms with Gasteiger partial charge in [-0.1, -0.05) is 11.6 Å². The maximum Gasteiger partial charge on any atom is 0.201 e. The number of imidazole rings is 1. The zero-order chi connectivity index (χ0) is 22.0. The maximum absolute atomic E-state index is 14.4. The molecule has 164 valence electrons. The highest BCUT2D eigenvalue weighted by molar-refractivity contribution is 6.31. The fraction of sp³-hybridized carbons (Fsp3) is 0.300. The minimum absolute atomic E-state index is 0.0386. The first-order valence-corrected chi connectivity index (χ1v) is 10.1. The number of piperidine rings is 1. The third-order valence-electron chi connectivity index (χ3n) is 5.12. The van der Waals surface area contributed by atoms with Crippen molar-refractivity contribution in [2.45, 2.75) is 12.8 Å². The van der Waals surface area contributed by atoms with E-state index in [9.17, 15) is 18.4 Å². The summed E-state index contributed by atoms with van der Waals surface area (Å²) in [5, 5.41) is 15.9. The minimum atomic E-state index is -1.16. The third kappa shape index (κ3) is 4.60. The molecule has 1 aromatic heterocycles. The first-order valence-electron chi connectivity index (χ1n) is 9.72. The Hall–Kier alpha value is -2.82. The summed E-state index contributed by atoms with van der Waals surface area (Å²) in [7, 11) is 0. The van der Waals surface area contributed by atoms with E-state index < -0.39 is 17.5 Å². The highest BCUT2D eigenvalue weighted by atomic mass is 35.5. The fourth-order valence-corrected chi connectivity index (χ4v) is 3.72. The van der Waals surface area contributed by atoms with Gasteiger partial charge in [-0.3, -0.25) is 10.7 Å². The number of nitrogens with zero attached hydrogens (tertiary/aromatic N) is 2. The second kappa shape index (κ2) is 9.13. The number of H-pyrrole nitrogens is 1. The van der Waals surface area contributed by atoms with E-state index in [0.717, 1.165) is 38.1 Å². The number of aromatic amines is 1. The normalized spacial score (nSPS) is 17.2. The number of aliphatic imine (C=N–C) groups is 1. The second-order valence-electron chi connectivity index (χ2n) is 7.29. The second-order valence-corrected chi connectivity index (χ2v) is 7.70. The number of hydrogen-bond donors (Lipinski definition) is 5. The van der Waals surface area contributed by atoms with E-state index in [1.54, 1.807) is 0 Å². The number of rotatable bonds is 5. The molecular formula is C20H20ClF3N6O. The standard InChI is InChI=1S/C20H20ClF3N6O/c21-13-6-11(3-4-14(13)22)27-19(30-31)12-7-15(23)16(24)18-17(12)28-20(29-18)26-9-10-2-1-5-25-8-10/h3-4,6-7,10,25,31H,1-2,5,8-9H2,(H,27,30)(H2,26,28,29). The number of anilines is 1. The molecular weight excluding hydrogens is 433 g/mol. The average molecular weight is 453 g/mol. The van der Waals surface area contributed by atoms with Gasteiger partial charge in [0.05, 0.1) is 16.2 Å². The van der Waals surface area contributed by atoms with Gasteiger partial charge in [0.2, 0.25) is 5.95 Å². The SMILES string of the molecule is ONC(=Nc1ccc(F)c(Cl)c1)c1cc(F)c(F)c2nc(NCC3CCCNC3)[nH]c12. The number of halogens is 4. The summed E-state index contributed by atoms with van der Waals surface area (Å²) in [6.45, 7) is 2.47. The van der Waals surface area contributed by atoms with Gasteiger partial charge in [-0.2, -0.15) is 0 Å². The smallest absolute Gasteiger partial charge is 0.201 e. The van der Waals surface area contributed by atoms with E-state index in [-0.39, 0.29) is 39.1 Å². The van der Waals surface area contributed by atoms with E-state index >= 15 is 0 Å². The lowest BCUT2D eigenvalue weighted by Gasteiger charge is -2.22. The molecule has 1 aliphatic rings. The predicted molar refractivity (Wildman–Crippen MR) is 113 cm³/mol. The van der Waals surface area contributed by atoms with Crippen LogP contribution in [-0.2, 0) is 0 Å². The number of hydroxylamine groups is 1. The Bertz CT molecular complexity index is 1130. The van der Waals surface area contributed by atoms with Crippen molar-refractivity contribution in [2.75, 3.05) is 25.0 Å². The Morgan fingerprint density at radius 3 is 2.81 bits per heavy atom. The van der Waals surface area contributed by atoms with Crippen molar-refractivity contribution in [1.29, 1.82) is 0 Å². The van der Waals surface area contributed by atoms with Crippen molar-refractivity contribution in [3.8, 4) is 0 Å². The van der Waals surface area contributed by atoms with Crippen molar-refractivity contribution in [1.82, 2.24) is 20.8 Å². The van der Waals surface area contributed by atoms with Crippen LogP contribution in [0.5, 0.6) is 0 Å². The van der Waals surface area contributed by atoms with Crippen LogP contribution in [0, 0.1) is 23.4 Å². The van der Waals surface area contributed by atoms with Crippen LogP contribution >= 0.6 is 11.6 Å². The average Bonchev–Trinajstić information content (AvgIpc) is 3.21. The summed E-state index contributed by atoms with van der Waals surface area (Å²) < 4.78 is 42.1. The monoisotopic (exact) mass is 452 g/mol. The van der Waals surface area contributed by atoms with Gasteiger partial charge in [0.1, 0.15) is 11.3 Å². The summed E-state index contributed by atoms with van der Waals surface area (Å²) in [4.78, 5) is 11.2. The van der Waals surface area contributed by atoms with Gasteiger partial charge in [0.25, 0.3) is 0 Å². The lowest BCUT2D eigenvalue weighted by molar-refractivity contribution is 0.235. The first kappa shape index (κ1) is 21.4. The molecule has 1 atom stereocenters. The van der Waals surface area contributed by atoms with Gasteiger partial charge >= 0.3 is 0 Å². The van der Waals surface area contributed by atoms with Crippen LogP contribution in [0.15, 0.2) is 29.3 Å². The zero-order valence-corrected chi connectivity index (χ0v) is 17.0. The number of hydrogen-bond acceptors (Lipinski definition) is 5. The van der Waals surface area contributed by atoms with Crippen LogP contribution in [0.3, 0.4) is 0 Å². The molecule has 3 aromatic rings. The van der Waals surface area contributed by atoms with Crippen molar-refractivity contribution in [3.05, 3.63) is 52.3 Å². The summed E-state index contributed by atoms with van der Waals surface area (Å²) >= 11 is 5.76. The summed E-state index contributed by atoms with van der Waals surface area (Å²) in [5.41, 5.74) is 2.02. The molecule has 2 heterocycles. The maximum atomic E-state index is 14.4. The topological polar surface area (TPSA) is 97.4 Å². The van der Waals surface area contributed by atoms with Crippen molar-refractivity contribution in [2.24, 2.45) is 10.9 Å². The molecule has 5 N–H and O–H groups in total. The molecule has 2 aromatic carbocycles. The molecule has 31 heavy (non-hydrogen) atoms. The number of benzene rings is 2. The predicted octanol–water partition coefficient (Wildman–Crippen LogP) is 4.10. The van der Waals surface area contributed by atoms with E-state index in [4.69, 9.17) is 11.6 Å². The van der Waals surface area contributed by atoms with E-state index in [1.807, 2.05) is 5.48 Å². The fourth-order valence-electron chi connectivity index (χ4n) is 3.54. The number of fused-ring (bicyclic) bond motifs is 1. The Balaban J connectivity index is 1.70. The van der Waals surface area contributed by atoms with Crippen LogP contribution in [0.1, 0.15) is 18.4 Å². The summed E-state index contributed by atoms with van der Waals surface area (Å²) in [6, 6.07) is 4.56. The van der Waals surface area contributed by atoms with Gasteiger partial charge in [-0.05, 0) is 56.1 Å². The largest absolute Gasteiger partial charge is 0.355 e. The van der Waals surface area contributed by atoms with Gasteiger partial charge in [0.15, 0.2) is 17.5 Å². The highest BCUT2D eigenvalue weighted by Gasteiger charge is 2.21. The van der Waals surface area contributed by atoms with Gasteiger partial charge in [-0.15, -0.1) is 0 Å². The van der Waals surface area contributed by atoms with Crippen molar-refractivity contribution < 1.29 is 18.4 Å². The molecule has 0 saturated carbocycles. The van der Waals surface area contributed by atoms with Gasteiger partial charge < -0.3 is 15.6 Å². The highest BCUT2D eigenvalue weighted by Crippen LogP contribution is 2.27. The molecule has 0 amide bonds. The molecule has 1 unspecified atom stereocenters. The van der Waals surface area contributed by atoms with Crippen LogP contribution < -0.4 is 16.1 Å². The first-order chi connectivity index (χ1) is 15.0. The quantitative estimate of drug-likeness (QED) is 0.228. The molecule has 0 aliphatic carbocycles. The van der Waals surface area contributed by atoms with E-state index in [2.05, 4.69) is 25.6 Å². The molecule has 7 nitrogen and oxygen atoms in total. The molecule has 1 fully saturated rings. The molecule has 0 bridgehead atoms. The van der Waals surface area contributed by atoms with Gasteiger partial charge in [0, 0.05) is 12.1 Å². The molecule has 11 heteroatoms. The zero-order valence-electron chi connectivity index (χ0n) is 16.3. The van der Waals surface area contributed by atoms with Crippen molar-refractivity contribution >= 4 is 40.1 Å². The molecule has 1 aliphatic heterocycles. The van der Waals surface area contributed by atoms with Gasteiger partial charge in [-0.25, -0.2) is 23.1 Å². The van der Waals surface area contributed by atoms with Crippen LogP contribution in [0.4, 0.5) is 24.8 Å². The minimum Gasteiger partial charge on any atom is -0.355 e. The Labute approximate surface area is 180 Å². The summed E-state index contributed by atoms with van der Waals surface area (Å²) in [6.07, 6.45) is 2.13.